The summed E-state index contributed by atoms with van der Waals surface area (Å²) in [7, 11) is 0. The molecule has 4 rings (SSSR count). The first-order valence-corrected chi connectivity index (χ1v) is 10.2. The Morgan fingerprint density at radius 2 is 1.68 bits per heavy atom. The Labute approximate surface area is 180 Å². The van der Waals surface area contributed by atoms with Crippen LogP contribution in [0.3, 0.4) is 0 Å². The summed E-state index contributed by atoms with van der Waals surface area (Å²) in [6.07, 6.45) is 0.927. The average Bonchev–Trinajstić information content (AvgIpc) is 2.79. The van der Waals surface area contributed by atoms with Crippen molar-refractivity contribution in [3.05, 3.63) is 94.1 Å². The van der Waals surface area contributed by atoms with Crippen LogP contribution in [0.2, 0.25) is 0 Å². The molecule has 1 heterocycles. The minimum Gasteiger partial charge on any atom is -0.476 e. The first-order valence-electron chi connectivity index (χ1n) is 10.2. The van der Waals surface area contributed by atoms with Gasteiger partial charge in [0.15, 0.2) is 12.4 Å². The average molecular weight is 413 g/mol. The summed E-state index contributed by atoms with van der Waals surface area (Å²) in [5.74, 6) is -0.0190. The van der Waals surface area contributed by atoms with Crippen LogP contribution in [-0.2, 0) is 11.2 Å². The third-order valence-electron chi connectivity index (χ3n) is 5.06. The maximum atomic E-state index is 13.1. The van der Waals surface area contributed by atoms with Crippen LogP contribution in [0.4, 0.5) is 5.69 Å². The Balaban J connectivity index is 1.63. The maximum absolute atomic E-state index is 13.1. The first kappa shape index (κ1) is 20.4. The van der Waals surface area contributed by atoms with Crippen LogP contribution in [0, 0.1) is 6.92 Å². The number of benzene rings is 3. The summed E-state index contributed by atoms with van der Waals surface area (Å²) in [5, 5.41) is 3.20. The highest BCUT2D eigenvalue weighted by Gasteiger charge is 2.18. The molecule has 0 aliphatic carbocycles. The molecule has 1 aromatic heterocycles. The van der Waals surface area contributed by atoms with Gasteiger partial charge in [0.1, 0.15) is 5.58 Å². The molecule has 3 aromatic carbocycles. The smallest absolute Gasteiger partial charge is 0.262 e. The van der Waals surface area contributed by atoms with E-state index in [4.69, 9.17) is 9.15 Å². The number of hydrogen-bond donors (Lipinski definition) is 1. The second kappa shape index (κ2) is 8.88. The Morgan fingerprint density at radius 3 is 2.39 bits per heavy atom. The lowest BCUT2D eigenvalue weighted by atomic mass is 10.1. The highest BCUT2D eigenvalue weighted by atomic mass is 16.5. The SMILES string of the molecule is CCc1ccc(NC(=O)COc2c(-c3ccc(C)cc3)oc3ccccc3c2=O)cc1. The topological polar surface area (TPSA) is 68.5 Å². The van der Waals surface area contributed by atoms with Gasteiger partial charge >= 0.3 is 0 Å². The Bertz CT molecular complexity index is 1270. The molecule has 0 saturated heterocycles. The third kappa shape index (κ3) is 4.51. The lowest BCUT2D eigenvalue weighted by Gasteiger charge is -2.12. The molecule has 0 spiro atoms. The molecule has 0 aliphatic rings. The quantitative estimate of drug-likeness (QED) is 0.463. The van der Waals surface area contributed by atoms with Gasteiger partial charge in [-0.3, -0.25) is 9.59 Å². The van der Waals surface area contributed by atoms with E-state index in [2.05, 4.69) is 12.2 Å². The molecule has 0 bridgehead atoms. The van der Waals surface area contributed by atoms with Crippen molar-refractivity contribution in [3.8, 4) is 17.1 Å². The van der Waals surface area contributed by atoms with E-state index in [0.717, 1.165) is 12.0 Å². The van der Waals surface area contributed by atoms with Crippen molar-refractivity contribution in [2.24, 2.45) is 0 Å². The lowest BCUT2D eigenvalue weighted by Crippen LogP contribution is -2.22. The molecule has 0 aliphatic heterocycles. The van der Waals surface area contributed by atoms with Gasteiger partial charge in [0, 0.05) is 11.3 Å². The summed E-state index contributed by atoms with van der Waals surface area (Å²) in [5.41, 5.74) is 3.82. The molecule has 0 radical (unpaired) electrons. The van der Waals surface area contributed by atoms with Gasteiger partial charge in [0.25, 0.3) is 5.91 Å². The van der Waals surface area contributed by atoms with Crippen molar-refractivity contribution in [3.63, 3.8) is 0 Å². The number of hydrogen-bond acceptors (Lipinski definition) is 4. The molecule has 0 saturated carbocycles. The molecule has 5 heteroatoms. The summed E-state index contributed by atoms with van der Waals surface area (Å²) in [4.78, 5) is 25.6. The zero-order valence-corrected chi connectivity index (χ0v) is 17.5. The Hall–Kier alpha value is -3.86. The first-order chi connectivity index (χ1) is 15.0. The van der Waals surface area contributed by atoms with Crippen molar-refractivity contribution < 1.29 is 13.9 Å². The minimum absolute atomic E-state index is 0.0269. The zero-order valence-electron chi connectivity index (χ0n) is 17.5. The number of anilines is 1. The monoisotopic (exact) mass is 413 g/mol. The molecular formula is C26H23NO4. The molecule has 0 atom stereocenters. The van der Waals surface area contributed by atoms with Gasteiger partial charge in [-0.15, -0.1) is 0 Å². The van der Waals surface area contributed by atoms with Crippen molar-refractivity contribution >= 4 is 22.6 Å². The highest BCUT2D eigenvalue weighted by molar-refractivity contribution is 5.92. The number of aryl methyl sites for hydroxylation is 2. The highest BCUT2D eigenvalue weighted by Crippen LogP contribution is 2.31. The van der Waals surface area contributed by atoms with Crippen LogP contribution in [0.25, 0.3) is 22.3 Å². The molecule has 0 unspecified atom stereocenters. The van der Waals surface area contributed by atoms with Crippen LogP contribution >= 0.6 is 0 Å². The number of amides is 1. The van der Waals surface area contributed by atoms with E-state index in [9.17, 15) is 9.59 Å². The maximum Gasteiger partial charge on any atom is 0.262 e. The lowest BCUT2D eigenvalue weighted by molar-refractivity contribution is -0.118. The second-order valence-electron chi connectivity index (χ2n) is 7.34. The normalized spacial score (nSPS) is 10.8. The van der Waals surface area contributed by atoms with Crippen molar-refractivity contribution in [2.45, 2.75) is 20.3 Å². The molecule has 5 nitrogen and oxygen atoms in total. The van der Waals surface area contributed by atoms with Gasteiger partial charge in [-0.2, -0.15) is 0 Å². The summed E-state index contributed by atoms with van der Waals surface area (Å²) in [6, 6.07) is 22.2. The van der Waals surface area contributed by atoms with E-state index >= 15 is 0 Å². The summed E-state index contributed by atoms with van der Waals surface area (Å²) >= 11 is 0. The number of para-hydroxylation sites is 1. The summed E-state index contributed by atoms with van der Waals surface area (Å²) in [6.45, 7) is 3.74. The van der Waals surface area contributed by atoms with Crippen molar-refractivity contribution in [1.82, 2.24) is 0 Å². The number of carbonyl (C=O) groups is 1. The molecule has 0 fully saturated rings. The molecule has 1 N–H and O–H groups in total. The van der Waals surface area contributed by atoms with Gasteiger partial charge in [-0.1, -0.05) is 61.0 Å². The zero-order chi connectivity index (χ0) is 21.8. The number of nitrogens with one attached hydrogen (secondary N) is 1. The van der Waals surface area contributed by atoms with Gasteiger partial charge in [0.2, 0.25) is 11.2 Å². The van der Waals surface area contributed by atoms with E-state index in [1.165, 1.54) is 5.56 Å². The fourth-order valence-electron chi connectivity index (χ4n) is 3.31. The fraction of sp³-hybridized carbons (Fsp3) is 0.154. The van der Waals surface area contributed by atoms with Gasteiger partial charge in [-0.05, 0) is 43.2 Å². The van der Waals surface area contributed by atoms with E-state index in [0.29, 0.717) is 28.0 Å². The van der Waals surface area contributed by atoms with Crippen LogP contribution in [0.15, 0.2) is 82.0 Å². The van der Waals surface area contributed by atoms with E-state index in [-0.39, 0.29) is 23.7 Å². The van der Waals surface area contributed by atoms with E-state index in [1.807, 2.05) is 61.5 Å². The van der Waals surface area contributed by atoms with Crippen LogP contribution in [0.5, 0.6) is 5.75 Å². The predicted octanol–water partition coefficient (Wildman–Crippen LogP) is 5.35. The van der Waals surface area contributed by atoms with E-state index < -0.39 is 0 Å². The molecule has 1 amide bonds. The molecule has 156 valence electrons. The molecular weight excluding hydrogens is 390 g/mol. The largest absolute Gasteiger partial charge is 0.476 e. The Kier molecular flexibility index (Phi) is 5.85. The van der Waals surface area contributed by atoms with E-state index in [1.54, 1.807) is 18.2 Å². The number of rotatable bonds is 6. The second-order valence-corrected chi connectivity index (χ2v) is 7.34. The predicted molar refractivity (Wildman–Crippen MR) is 123 cm³/mol. The minimum atomic E-state index is -0.355. The number of carbonyl (C=O) groups excluding carboxylic acids is 1. The summed E-state index contributed by atoms with van der Waals surface area (Å²) < 4.78 is 11.7. The van der Waals surface area contributed by atoms with Crippen LogP contribution in [0.1, 0.15) is 18.1 Å². The van der Waals surface area contributed by atoms with Gasteiger partial charge in [-0.25, -0.2) is 0 Å². The Morgan fingerprint density at radius 1 is 0.968 bits per heavy atom. The number of ether oxygens (including phenoxy) is 1. The van der Waals surface area contributed by atoms with Crippen LogP contribution in [-0.4, -0.2) is 12.5 Å². The van der Waals surface area contributed by atoms with Gasteiger partial charge < -0.3 is 14.5 Å². The van der Waals surface area contributed by atoms with Crippen molar-refractivity contribution in [1.29, 1.82) is 0 Å². The third-order valence-corrected chi connectivity index (χ3v) is 5.06. The standard InChI is InChI=1S/C26H23NO4/c1-3-18-10-14-20(15-11-18)27-23(28)16-30-26-24(29)21-6-4-5-7-22(21)31-25(26)19-12-8-17(2)9-13-19/h4-15H,3,16H2,1-2H3,(H,27,28). The fourth-order valence-corrected chi connectivity index (χ4v) is 3.31. The molecule has 4 aromatic rings. The number of fused-ring (bicyclic) bond motifs is 1. The van der Waals surface area contributed by atoms with Crippen LogP contribution < -0.4 is 15.5 Å². The van der Waals surface area contributed by atoms with Crippen molar-refractivity contribution in [2.75, 3.05) is 11.9 Å². The molecule has 31 heavy (non-hydrogen) atoms. The van der Waals surface area contributed by atoms with Gasteiger partial charge in [0.05, 0.1) is 5.39 Å².